The van der Waals surface area contributed by atoms with Crippen LogP contribution in [0.4, 0.5) is 39.5 Å². The number of halogens is 11. The highest BCUT2D eigenvalue weighted by Crippen LogP contribution is 2.57. The summed E-state index contributed by atoms with van der Waals surface area (Å²) in [7, 11) is 0.326. The summed E-state index contributed by atoms with van der Waals surface area (Å²) < 4.78 is 126. The molecule has 0 aliphatic heterocycles. The Labute approximate surface area is 158 Å². The second kappa shape index (κ2) is 7.42. The normalized spacial score (nSPS) is 14.0. The molecule has 0 heterocycles. The molecular formula is C10H3F9I2O2S. The van der Waals surface area contributed by atoms with Gasteiger partial charge in [-0.2, -0.15) is 39.5 Å². The monoisotopic (exact) mass is 612 g/mol. The molecule has 0 saturated carbocycles. The average molecular weight is 612 g/mol. The van der Waals surface area contributed by atoms with Crippen LogP contribution in [0.3, 0.4) is 0 Å². The molecule has 0 spiro atoms. The summed E-state index contributed by atoms with van der Waals surface area (Å²) in [6, 6.07) is 0.379. The summed E-state index contributed by atoms with van der Waals surface area (Å²) in [5.74, 6) is -1.06. The quantitative estimate of drug-likeness (QED) is 0.213. The van der Waals surface area contributed by atoms with Crippen molar-refractivity contribution in [2.24, 2.45) is 0 Å². The Balaban J connectivity index is 3.86. The van der Waals surface area contributed by atoms with Gasteiger partial charge in [0, 0.05) is 26.8 Å². The number of rotatable bonds is 4. The lowest BCUT2D eigenvalue weighted by Crippen LogP contribution is -2.54. The van der Waals surface area contributed by atoms with Gasteiger partial charge in [0.2, 0.25) is 0 Å². The topological polar surface area (TPSA) is 18.5 Å². The molecule has 0 fully saturated rings. The summed E-state index contributed by atoms with van der Waals surface area (Å²) in [5.41, 5.74) is -8.56. The van der Waals surface area contributed by atoms with Crippen molar-refractivity contribution in [3.63, 3.8) is 0 Å². The Bertz CT molecular complexity index is 571. The summed E-state index contributed by atoms with van der Waals surface area (Å²) in [5, 5.41) is 0. The number of benzene rings is 1. The average Bonchev–Trinajstić information content (AvgIpc) is 2.37. The Morgan fingerprint density at radius 3 is 1.71 bits per heavy atom. The van der Waals surface area contributed by atoms with Crippen LogP contribution in [0.2, 0.25) is 0 Å². The summed E-state index contributed by atoms with van der Waals surface area (Å²) in [6.45, 7) is 0. The van der Waals surface area contributed by atoms with E-state index >= 15 is 0 Å². The Morgan fingerprint density at radius 2 is 1.38 bits per heavy atom. The SMILES string of the molecule is FC(F)(F)c1ccc(OSI)c(C(OI)(C(F)(F)F)C(F)(F)F)c1. The highest BCUT2D eigenvalue weighted by molar-refractivity contribution is 14.2. The van der Waals surface area contributed by atoms with Crippen LogP contribution in [0.15, 0.2) is 18.2 Å². The molecule has 24 heavy (non-hydrogen) atoms. The molecule has 0 aliphatic rings. The van der Waals surface area contributed by atoms with Crippen molar-refractivity contribution < 1.29 is 46.8 Å². The minimum atomic E-state index is -6.11. The zero-order valence-electron chi connectivity index (χ0n) is 10.6. The van der Waals surface area contributed by atoms with Gasteiger partial charge >= 0.3 is 18.5 Å². The minimum absolute atomic E-state index is 0.290. The smallest absolute Gasteiger partial charge is 0.415 e. The summed E-state index contributed by atoms with van der Waals surface area (Å²) in [4.78, 5) is 0. The van der Waals surface area contributed by atoms with E-state index in [1.807, 2.05) is 0 Å². The van der Waals surface area contributed by atoms with Crippen molar-refractivity contribution >= 4 is 53.4 Å². The Kier molecular flexibility index (Phi) is 6.86. The standard InChI is InChI=1S/C10H3F9I2O2S/c11-8(12,13)4-1-2-6(22-24-21)5(3-4)7(23-20,9(14,15)16)10(17,18)19/h1-3H. The van der Waals surface area contributed by atoms with Crippen molar-refractivity contribution in [3.8, 4) is 5.75 Å². The van der Waals surface area contributed by atoms with Crippen LogP contribution >= 0.6 is 53.4 Å². The van der Waals surface area contributed by atoms with Crippen molar-refractivity contribution in [2.45, 2.75) is 24.1 Å². The Morgan fingerprint density at radius 1 is 0.875 bits per heavy atom. The third kappa shape index (κ3) is 4.11. The predicted octanol–water partition coefficient (Wildman–Crippen LogP) is 6.77. The molecule has 0 aromatic heterocycles. The van der Waals surface area contributed by atoms with Gasteiger partial charge in [0.15, 0.2) is 0 Å². The van der Waals surface area contributed by atoms with Crippen LogP contribution in [0.25, 0.3) is 0 Å². The van der Waals surface area contributed by atoms with Crippen molar-refractivity contribution in [1.82, 2.24) is 0 Å². The Hall–Kier alpha value is 0.160. The molecule has 0 unspecified atom stereocenters. The maximum absolute atomic E-state index is 13.2. The molecule has 0 aliphatic carbocycles. The second-order valence-electron chi connectivity index (χ2n) is 4.11. The zero-order valence-corrected chi connectivity index (χ0v) is 15.7. The molecular weight excluding hydrogens is 609 g/mol. The highest BCUT2D eigenvalue weighted by Gasteiger charge is 2.74. The molecule has 1 rings (SSSR count). The number of alkyl halides is 9. The first-order chi connectivity index (χ1) is 10.7. The third-order valence-electron chi connectivity index (χ3n) is 2.72. The van der Waals surface area contributed by atoms with E-state index in [9.17, 15) is 39.5 Å². The fraction of sp³-hybridized carbons (Fsp3) is 0.400. The molecule has 0 bridgehead atoms. The predicted molar refractivity (Wildman–Crippen MR) is 82.6 cm³/mol. The number of hydrogen-bond donors (Lipinski definition) is 0. The largest absolute Gasteiger partial charge is 0.431 e. The van der Waals surface area contributed by atoms with Gasteiger partial charge in [0.1, 0.15) is 38.0 Å². The van der Waals surface area contributed by atoms with Crippen LogP contribution in [0.5, 0.6) is 5.75 Å². The van der Waals surface area contributed by atoms with E-state index in [0.717, 1.165) is 0 Å². The first-order valence-corrected chi connectivity index (χ1v) is 9.49. The molecule has 2 nitrogen and oxygen atoms in total. The maximum atomic E-state index is 13.2. The lowest BCUT2D eigenvalue weighted by Gasteiger charge is -2.35. The van der Waals surface area contributed by atoms with Gasteiger partial charge in [-0.1, -0.05) is 0 Å². The fourth-order valence-electron chi connectivity index (χ4n) is 1.68. The molecule has 0 N–H and O–H groups in total. The van der Waals surface area contributed by atoms with Crippen molar-refractivity contribution in [1.29, 1.82) is 0 Å². The zero-order chi connectivity index (χ0) is 19.0. The summed E-state index contributed by atoms with van der Waals surface area (Å²) >= 11 is 1.73. The molecule has 138 valence electrons. The van der Waals surface area contributed by atoms with Gasteiger partial charge in [-0.25, -0.2) is 0 Å². The van der Waals surface area contributed by atoms with Gasteiger partial charge in [0.05, 0.1) is 5.56 Å². The first kappa shape index (κ1) is 22.2. The van der Waals surface area contributed by atoms with E-state index in [2.05, 4.69) is 7.25 Å². The van der Waals surface area contributed by atoms with E-state index in [1.165, 1.54) is 21.2 Å². The van der Waals surface area contributed by atoms with Crippen LogP contribution < -0.4 is 4.18 Å². The third-order valence-corrected chi connectivity index (χ3v) is 4.16. The molecule has 1 aromatic carbocycles. The van der Waals surface area contributed by atoms with Crippen molar-refractivity contribution in [3.05, 3.63) is 29.3 Å². The molecule has 0 saturated heterocycles. The van der Waals surface area contributed by atoms with Crippen LogP contribution in [0.1, 0.15) is 11.1 Å². The number of hydrogen-bond acceptors (Lipinski definition) is 3. The van der Waals surface area contributed by atoms with Gasteiger partial charge < -0.3 is 4.18 Å². The van der Waals surface area contributed by atoms with E-state index < -0.39 is 41.0 Å². The van der Waals surface area contributed by atoms with Crippen LogP contribution in [-0.2, 0) is 14.8 Å². The maximum Gasteiger partial charge on any atom is 0.431 e. The van der Waals surface area contributed by atoms with Gasteiger partial charge in [0.25, 0.3) is 5.60 Å². The van der Waals surface area contributed by atoms with Gasteiger partial charge in [-0.05, 0) is 18.2 Å². The van der Waals surface area contributed by atoms with Crippen LogP contribution in [-0.4, -0.2) is 12.4 Å². The molecule has 0 atom stereocenters. The molecule has 14 heteroatoms. The summed E-state index contributed by atoms with van der Waals surface area (Å²) in [6.07, 6.45) is -17.4. The van der Waals surface area contributed by atoms with Crippen LogP contribution in [0, 0.1) is 0 Å². The van der Waals surface area contributed by atoms with Crippen molar-refractivity contribution in [2.75, 3.05) is 0 Å². The lowest BCUT2D eigenvalue weighted by atomic mass is 9.90. The fourth-order valence-corrected chi connectivity index (χ4v) is 3.21. The highest BCUT2D eigenvalue weighted by atomic mass is 127. The van der Waals surface area contributed by atoms with E-state index in [4.69, 9.17) is 0 Å². The molecule has 0 amide bonds. The molecule has 1 aromatic rings. The van der Waals surface area contributed by atoms with Gasteiger partial charge in [-0.15, -0.1) is 0 Å². The van der Waals surface area contributed by atoms with E-state index in [1.54, 1.807) is 0 Å². The van der Waals surface area contributed by atoms with E-state index in [-0.39, 0.29) is 6.07 Å². The minimum Gasteiger partial charge on any atom is -0.415 e. The molecule has 0 radical (unpaired) electrons. The first-order valence-electron chi connectivity index (χ1n) is 5.32. The van der Waals surface area contributed by atoms with E-state index in [0.29, 0.717) is 44.4 Å². The lowest BCUT2D eigenvalue weighted by molar-refractivity contribution is -0.356. The van der Waals surface area contributed by atoms with Gasteiger partial charge in [-0.3, -0.25) is 3.07 Å². The second-order valence-corrected chi connectivity index (χ2v) is 5.92.